The number of unbranched alkanes of at least 4 members (excludes halogenated alkanes) is 18. The summed E-state index contributed by atoms with van der Waals surface area (Å²) in [6.45, 7) is 3.80. The maximum absolute atomic E-state index is 12.5. The zero-order chi connectivity index (χ0) is 33.4. The first-order valence-electron chi connectivity index (χ1n) is 17.7. The molecule has 0 aromatic heterocycles. The second-order valence-electron chi connectivity index (χ2n) is 12.0. The number of aliphatic carboxylic acids is 1. The highest BCUT2D eigenvalue weighted by Gasteiger charge is 2.27. The maximum atomic E-state index is 12.5. The Bertz CT molecular complexity index is 781. The van der Waals surface area contributed by atoms with Crippen LogP contribution in [0.15, 0.2) is 12.2 Å². The van der Waals surface area contributed by atoms with Crippen LogP contribution in [-0.2, 0) is 32.7 Å². The molecule has 0 bridgehead atoms. The average molecular weight is 664 g/mol. The van der Waals surface area contributed by atoms with Crippen molar-refractivity contribution >= 4 is 19.8 Å². The highest BCUT2D eigenvalue weighted by atomic mass is 31.2. The molecule has 0 heterocycles. The van der Waals surface area contributed by atoms with Gasteiger partial charge in [-0.2, -0.15) is 0 Å². The molecular formula is C34H66NO9P. The number of carboxylic acid groups (broad SMARTS) is 1. The van der Waals surface area contributed by atoms with Crippen LogP contribution in [0.1, 0.15) is 155 Å². The van der Waals surface area contributed by atoms with Crippen molar-refractivity contribution in [2.45, 2.75) is 167 Å². The number of carbonyl (C=O) groups is 2. The molecule has 0 rings (SSSR count). The number of nitrogens with two attached hydrogens (primary N) is 1. The van der Waals surface area contributed by atoms with Crippen molar-refractivity contribution in [2.75, 3.05) is 26.4 Å². The first-order valence-corrected chi connectivity index (χ1v) is 19.2. The van der Waals surface area contributed by atoms with Gasteiger partial charge >= 0.3 is 19.8 Å². The van der Waals surface area contributed by atoms with Gasteiger partial charge in [0.2, 0.25) is 0 Å². The molecule has 0 aromatic rings. The number of hydrogen-bond acceptors (Lipinski definition) is 8. The van der Waals surface area contributed by atoms with Crippen molar-refractivity contribution in [3.63, 3.8) is 0 Å². The van der Waals surface area contributed by atoms with Gasteiger partial charge in [0.15, 0.2) is 0 Å². The van der Waals surface area contributed by atoms with E-state index in [9.17, 15) is 19.0 Å². The molecule has 0 saturated heterocycles. The maximum Gasteiger partial charge on any atom is 0.472 e. The zero-order valence-corrected chi connectivity index (χ0v) is 29.4. The largest absolute Gasteiger partial charge is 0.480 e. The summed E-state index contributed by atoms with van der Waals surface area (Å²) in [6.07, 6.45) is 28.4. The van der Waals surface area contributed by atoms with Crippen LogP contribution in [0.4, 0.5) is 0 Å². The summed E-state index contributed by atoms with van der Waals surface area (Å²) in [5.41, 5.74) is 5.32. The lowest BCUT2D eigenvalue weighted by atomic mass is 10.0. The molecular weight excluding hydrogens is 597 g/mol. The number of carbonyl (C=O) groups excluding carboxylic acids is 1. The minimum Gasteiger partial charge on any atom is -0.480 e. The highest BCUT2D eigenvalue weighted by Crippen LogP contribution is 2.43. The number of allylic oxidation sites excluding steroid dienone is 2. The van der Waals surface area contributed by atoms with E-state index in [4.69, 9.17) is 24.8 Å². The summed E-state index contributed by atoms with van der Waals surface area (Å²) in [4.78, 5) is 33.2. The predicted molar refractivity (Wildman–Crippen MR) is 180 cm³/mol. The quantitative estimate of drug-likeness (QED) is 0.0264. The lowest BCUT2D eigenvalue weighted by Gasteiger charge is -2.20. The molecule has 0 aliphatic rings. The van der Waals surface area contributed by atoms with Crippen molar-refractivity contribution in [2.24, 2.45) is 5.73 Å². The number of rotatable bonds is 34. The van der Waals surface area contributed by atoms with Crippen LogP contribution in [0.5, 0.6) is 0 Å². The van der Waals surface area contributed by atoms with Crippen LogP contribution < -0.4 is 5.73 Å². The van der Waals surface area contributed by atoms with E-state index in [-0.39, 0.29) is 13.0 Å². The molecule has 0 aliphatic heterocycles. The van der Waals surface area contributed by atoms with Crippen molar-refractivity contribution in [1.82, 2.24) is 0 Å². The number of esters is 1. The van der Waals surface area contributed by atoms with Gasteiger partial charge in [-0.25, -0.2) is 4.57 Å². The molecule has 0 aliphatic carbocycles. The minimum atomic E-state index is -4.60. The molecule has 0 amide bonds. The molecule has 45 heavy (non-hydrogen) atoms. The van der Waals surface area contributed by atoms with Gasteiger partial charge in [0, 0.05) is 13.0 Å². The van der Waals surface area contributed by atoms with E-state index in [2.05, 4.69) is 30.5 Å². The first kappa shape index (κ1) is 43.7. The molecule has 0 fully saturated rings. The molecule has 0 radical (unpaired) electrons. The smallest absolute Gasteiger partial charge is 0.472 e. The Kier molecular flexibility index (Phi) is 30.4. The van der Waals surface area contributed by atoms with Gasteiger partial charge in [0.25, 0.3) is 0 Å². The normalized spacial score (nSPS) is 14.4. The number of phosphoric ester groups is 1. The van der Waals surface area contributed by atoms with Crippen molar-refractivity contribution in [3.8, 4) is 0 Å². The van der Waals surface area contributed by atoms with Gasteiger partial charge in [-0.3, -0.25) is 18.6 Å². The van der Waals surface area contributed by atoms with E-state index >= 15 is 0 Å². The van der Waals surface area contributed by atoms with Crippen LogP contribution in [0, 0.1) is 0 Å². The van der Waals surface area contributed by atoms with Crippen LogP contribution in [0.3, 0.4) is 0 Å². The fraction of sp³-hybridized carbons (Fsp3) is 0.882. The lowest BCUT2D eigenvalue weighted by Crippen LogP contribution is -2.34. The second-order valence-corrected chi connectivity index (χ2v) is 13.5. The second kappa shape index (κ2) is 31.3. The molecule has 3 unspecified atom stereocenters. The lowest BCUT2D eigenvalue weighted by molar-refractivity contribution is -0.154. The molecule has 0 spiro atoms. The number of ether oxygens (including phenoxy) is 2. The SMILES string of the molecule is CCC/C=C\CCCCCCCC(=O)OC(COCCCCCCCCCCCCCCC)COP(=O)(O)OCC(N)C(=O)O. The summed E-state index contributed by atoms with van der Waals surface area (Å²) in [7, 11) is -4.60. The third-order valence-electron chi connectivity index (χ3n) is 7.53. The van der Waals surface area contributed by atoms with E-state index < -0.39 is 45.1 Å². The molecule has 4 N–H and O–H groups in total. The summed E-state index contributed by atoms with van der Waals surface area (Å²) < 4.78 is 33.1. The van der Waals surface area contributed by atoms with Gasteiger partial charge in [-0.05, 0) is 32.1 Å². The fourth-order valence-corrected chi connectivity index (χ4v) is 5.50. The Balaban J connectivity index is 4.32. The minimum absolute atomic E-state index is 0.0180. The average Bonchev–Trinajstić information content (AvgIpc) is 3.01. The zero-order valence-electron chi connectivity index (χ0n) is 28.5. The Labute approximate surface area is 273 Å². The Morgan fingerprint density at radius 1 is 0.689 bits per heavy atom. The molecule has 266 valence electrons. The number of phosphoric acid groups is 1. The van der Waals surface area contributed by atoms with E-state index in [1.165, 1.54) is 70.6 Å². The van der Waals surface area contributed by atoms with Crippen molar-refractivity contribution in [1.29, 1.82) is 0 Å². The third kappa shape index (κ3) is 31.1. The van der Waals surface area contributed by atoms with Gasteiger partial charge in [-0.15, -0.1) is 0 Å². The molecule has 11 heteroatoms. The van der Waals surface area contributed by atoms with Crippen LogP contribution in [-0.4, -0.2) is 60.5 Å². The molecule has 3 atom stereocenters. The summed E-state index contributed by atoms with van der Waals surface area (Å²) >= 11 is 0. The van der Waals surface area contributed by atoms with E-state index in [0.717, 1.165) is 57.8 Å². The van der Waals surface area contributed by atoms with Crippen LogP contribution in [0.25, 0.3) is 0 Å². The fourth-order valence-electron chi connectivity index (χ4n) is 4.72. The standard InChI is InChI=1S/C34H66NO9P/c1-3-5-7-9-11-13-15-16-17-19-21-23-25-27-41-28-31(29-42-45(39,40)43-30-32(35)34(37)38)44-33(36)26-24-22-20-18-14-12-10-8-6-4-2/h8,10,31-32H,3-7,9,11-30,35H2,1-2H3,(H,37,38)(H,39,40)/b10-8-. The van der Waals surface area contributed by atoms with E-state index in [0.29, 0.717) is 13.0 Å². The Morgan fingerprint density at radius 3 is 1.78 bits per heavy atom. The van der Waals surface area contributed by atoms with Gasteiger partial charge in [-0.1, -0.05) is 129 Å². The number of carboxylic acids is 1. The summed E-state index contributed by atoms with van der Waals surface area (Å²) in [5.74, 6) is -1.79. The highest BCUT2D eigenvalue weighted by molar-refractivity contribution is 7.47. The first-order chi connectivity index (χ1) is 21.7. The van der Waals surface area contributed by atoms with Crippen molar-refractivity contribution in [3.05, 3.63) is 12.2 Å². The third-order valence-corrected chi connectivity index (χ3v) is 8.48. The van der Waals surface area contributed by atoms with Crippen molar-refractivity contribution < 1.29 is 42.7 Å². The van der Waals surface area contributed by atoms with Crippen LogP contribution in [0.2, 0.25) is 0 Å². The predicted octanol–water partition coefficient (Wildman–Crippen LogP) is 8.64. The number of hydrogen-bond donors (Lipinski definition) is 3. The Morgan fingerprint density at radius 2 is 1.20 bits per heavy atom. The van der Waals surface area contributed by atoms with E-state index in [1.807, 2.05) is 0 Å². The van der Waals surface area contributed by atoms with Gasteiger partial charge in [0.05, 0.1) is 19.8 Å². The van der Waals surface area contributed by atoms with Gasteiger partial charge < -0.3 is 25.2 Å². The van der Waals surface area contributed by atoms with Crippen LogP contribution >= 0.6 is 7.82 Å². The summed E-state index contributed by atoms with van der Waals surface area (Å²) in [5, 5.41) is 8.84. The summed E-state index contributed by atoms with van der Waals surface area (Å²) in [6, 6.07) is -1.47. The monoisotopic (exact) mass is 663 g/mol. The molecule has 0 aromatic carbocycles. The Hall–Kier alpha value is -1.29. The van der Waals surface area contributed by atoms with E-state index in [1.54, 1.807) is 0 Å². The molecule has 10 nitrogen and oxygen atoms in total. The topological polar surface area (TPSA) is 155 Å². The molecule has 0 saturated carbocycles. The van der Waals surface area contributed by atoms with Gasteiger partial charge in [0.1, 0.15) is 12.1 Å².